The van der Waals surface area contributed by atoms with Crippen LogP contribution in [-0.2, 0) is 0 Å². The van der Waals surface area contributed by atoms with Crippen LogP contribution >= 0.6 is 0 Å². The Labute approximate surface area is 55.8 Å². The molecule has 0 radical (unpaired) electrons. The maximum atomic E-state index is 5.80. The van der Waals surface area contributed by atoms with Crippen LogP contribution in [0, 0.1) is 5.41 Å². The van der Waals surface area contributed by atoms with Gasteiger partial charge in [0.25, 0.3) is 0 Å². The molecule has 2 rings (SSSR count). The molecule has 1 unspecified atom stereocenters. The fourth-order valence-corrected chi connectivity index (χ4v) is 1.88. The third kappa shape index (κ3) is 0.775. The summed E-state index contributed by atoms with van der Waals surface area (Å²) in [7, 11) is 0. The Morgan fingerprint density at radius 2 is 1.89 bits per heavy atom. The lowest BCUT2D eigenvalue weighted by Crippen LogP contribution is -2.31. The maximum Gasteiger partial charge on any atom is 0.0103 e. The predicted molar refractivity (Wildman–Crippen MR) is 37.1 cm³/mol. The van der Waals surface area contributed by atoms with Crippen molar-refractivity contribution in [2.45, 2.75) is 25.3 Å². The van der Waals surface area contributed by atoms with Crippen molar-refractivity contribution in [3.8, 4) is 0 Å². The highest BCUT2D eigenvalue weighted by atomic mass is 14.9. The molecule has 3 N–H and O–H groups in total. The van der Waals surface area contributed by atoms with Gasteiger partial charge in [0.15, 0.2) is 0 Å². The standard InChI is InChI=1S/C7H14N2/c8-6-5-7(6)1-3-9-4-2-7/h6,9H,1-5,8H2. The van der Waals surface area contributed by atoms with Crippen LogP contribution in [0.15, 0.2) is 0 Å². The average Bonchev–Trinajstić information content (AvgIpc) is 2.44. The Hall–Kier alpha value is -0.0800. The largest absolute Gasteiger partial charge is 0.327 e. The minimum absolute atomic E-state index is 0.541. The predicted octanol–water partition coefficient (Wildman–Crippen LogP) is 0.0872. The summed E-state index contributed by atoms with van der Waals surface area (Å²) in [5.41, 5.74) is 6.41. The van der Waals surface area contributed by atoms with Crippen LogP contribution in [0.1, 0.15) is 19.3 Å². The number of hydrogen-bond acceptors (Lipinski definition) is 2. The van der Waals surface area contributed by atoms with Crippen LogP contribution in [0.3, 0.4) is 0 Å². The van der Waals surface area contributed by atoms with Gasteiger partial charge < -0.3 is 11.1 Å². The van der Waals surface area contributed by atoms with Gasteiger partial charge >= 0.3 is 0 Å². The molecule has 9 heavy (non-hydrogen) atoms. The average molecular weight is 126 g/mol. The SMILES string of the molecule is NC1CC12CCNCC2. The molecule has 1 aliphatic carbocycles. The van der Waals surface area contributed by atoms with Gasteiger partial charge in [0.2, 0.25) is 0 Å². The topological polar surface area (TPSA) is 38.0 Å². The minimum Gasteiger partial charge on any atom is -0.327 e. The lowest BCUT2D eigenvalue weighted by Gasteiger charge is -2.22. The zero-order valence-corrected chi connectivity index (χ0v) is 5.69. The molecule has 1 aliphatic heterocycles. The molecule has 1 spiro atoms. The molecule has 1 atom stereocenters. The van der Waals surface area contributed by atoms with E-state index in [1.807, 2.05) is 0 Å². The van der Waals surface area contributed by atoms with E-state index in [1.54, 1.807) is 0 Å². The summed E-state index contributed by atoms with van der Waals surface area (Å²) in [6, 6.07) is 0.541. The molecule has 2 fully saturated rings. The van der Waals surface area contributed by atoms with E-state index < -0.39 is 0 Å². The summed E-state index contributed by atoms with van der Waals surface area (Å²) in [5.74, 6) is 0. The van der Waals surface area contributed by atoms with Crippen molar-refractivity contribution in [2.75, 3.05) is 13.1 Å². The van der Waals surface area contributed by atoms with Gasteiger partial charge in [-0.25, -0.2) is 0 Å². The highest BCUT2D eigenvalue weighted by Gasteiger charge is 2.51. The normalized spacial score (nSPS) is 39.0. The third-order valence-electron chi connectivity index (χ3n) is 2.85. The second kappa shape index (κ2) is 1.70. The first-order valence-electron chi connectivity index (χ1n) is 3.80. The number of piperidine rings is 1. The molecule has 0 amide bonds. The van der Waals surface area contributed by atoms with Gasteiger partial charge in [-0.2, -0.15) is 0 Å². The van der Waals surface area contributed by atoms with Gasteiger partial charge in [0.1, 0.15) is 0 Å². The molecule has 1 saturated carbocycles. The first-order valence-corrected chi connectivity index (χ1v) is 3.80. The molecular weight excluding hydrogens is 112 g/mol. The van der Waals surface area contributed by atoms with E-state index in [9.17, 15) is 0 Å². The lowest BCUT2D eigenvalue weighted by atomic mass is 9.94. The van der Waals surface area contributed by atoms with Crippen molar-refractivity contribution in [1.29, 1.82) is 0 Å². The Bertz CT molecular complexity index is 116. The van der Waals surface area contributed by atoms with E-state index in [0.29, 0.717) is 11.5 Å². The molecule has 2 heteroatoms. The Balaban J connectivity index is 1.97. The molecule has 2 aliphatic rings. The van der Waals surface area contributed by atoms with Crippen molar-refractivity contribution < 1.29 is 0 Å². The molecule has 0 aromatic heterocycles. The molecule has 1 heterocycles. The highest BCUT2D eigenvalue weighted by molar-refractivity contribution is 5.07. The van der Waals surface area contributed by atoms with Crippen molar-refractivity contribution in [3.05, 3.63) is 0 Å². The Kier molecular flexibility index (Phi) is 1.08. The van der Waals surface area contributed by atoms with Crippen LogP contribution in [-0.4, -0.2) is 19.1 Å². The fraction of sp³-hybridized carbons (Fsp3) is 1.00. The van der Waals surface area contributed by atoms with Crippen molar-refractivity contribution >= 4 is 0 Å². The molecule has 52 valence electrons. The summed E-state index contributed by atoms with van der Waals surface area (Å²) >= 11 is 0. The van der Waals surface area contributed by atoms with Gasteiger partial charge in [-0.15, -0.1) is 0 Å². The Morgan fingerprint density at radius 3 is 2.22 bits per heavy atom. The second-order valence-corrected chi connectivity index (χ2v) is 3.42. The van der Waals surface area contributed by atoms with Crippen LogP contribution in [0.4, 0.5) is 0 Å². The molecule has 0 bridgehead atoms. The summed E-state index contributed by atoms with van der Waals surface area (Å²) in [6.07, 6.45) is 3.91. The maximum absolute atomic E-state index is 5.80. The van der Waals surface area contributed by atoms with Gasteiger partial charge in [-0.05, 0) is 37.8 Å². The zero-order chi connectivity index (χ0) is 6.32. The molecule has 2 nitrogen and oxygen atoms in total. The molecule has 1 saturated heterocycles. The van der Waals surface area contributed by atoms with Crippen LogP contribution < -0.4 is 11.1 Å². The van der Waals surface area contributed by atoms with Gasteiger partial charge in [0, 0.05) is 6.04 Å². The second-order valence-electron chi connectivity index (χ2n) is 3.42. The number of nitrogens with one attached hydrogen (secondary N) is 1. The van der Waals surface area contributed by atoms with E-state index in [0.717, 1.165) is 0 Å². The van der Waals surface area contributed by atoms with Crippen LogP contribution in [0.5, 0.6) is 0 Å². The third-order valence-corrected chi connectivity index (χ3v) is 2.85. The van der Waals surface area contributed by atoms with Crippen molar-refractivity contribution in [2.24, 2.45) is 11.1 Å². The lowest BCUT2D eigenvalue weighted by molar-refractivity contribution is 0.342. The van der Waals surface area contributed by atoms with Gasteiger partial charge in [-0.1, -0.05) is 0 Å². The number of nitrogens with two attached hydrogens (primary N) is 1. The van der Waals surface area contributed by atoms with E-state index in [4.69, 9.17) is 5.73 Å². The van der Waals surface area contributed by atoms with E-state index >= 15 is 0 Å². The van der Waals surface area contributed by atoms with E-state index in [1.165, 1.54) is 32.4 Å². The monoisotopic (exact) mass is 126 g/mol. The quantitative estimate of drug-likeness (QED) is 0.482. The first kappa shape index (κ1) is 5.69. The number of hydrogen-bond donors (Lipinski definition) is 2. The molecule has 0 aromatic carbocycles. The van der Waals surface area contributed by atoms with Gasteiger partial charge in [0.05, 0.1) is 0 Å². The summed E-state index contributed by atoms with van der Waals surface area (Å²) in [6.45, 7) is 2.38. The minimum atomic E-state index is 0.541. The zero-order valence-electron chi connectivity index (χ0n) is 5.69. The van der Waals surface area contributed by atoms with E-state index in [2.05, 4.69) is 5.32 Å². The molecular formula is C7H14N2. The Morgan fingerprint density at radius 1 is 1.33 bits per heavy atom. The van der Waals surface area contributed by atoms with Crippen LogP contribution in [0.25, 0.3) is 0 Å². The van der Waals surface area contributed by atoms with Crippen LogP contribution in [0.2, 0.25) is 0 Å². The highest BCUT2D eigenvalue weighted by Crippen LogP contribution is 2.51. The van der Waals surface area contributed by atoms with Crippen molar-refractivity contribution in [3.63, 3.8) is 0 Å². The van der Waals surface area contributed by atoms with Gasteiger partial charge in [-0.3, -0.25) is 0 Å². The summed E-state index contributed by atoms with van der Waals surface area (Å²) in [5, 5.41) is 3.35. The van der Waals surface area contributed by atoms with Crippen molar-refractivity contribution in [1.82, 2.24) is 5.32 Å². The molecule has 0 aromatic rings. The van der Waals surface area contributed by atoms with E-state index in [-0.39, 0.29) is 0 Å². The smallest absolute Gasteiger partial charge is 0.0103 e. The first-order chi connectivity index (χ1) is 4.33. The fourth-order valence-electron chi connectivity index (χ4n) is 1.88. The number of rotatable bonds is 0. The summed E-state index contributed by atoms with van der Waals surface area (Å²) < 4.78 is 0. The summed E-state index contributed by atoms with van der Waals surface area (Å²) in [4.78, 5) is 0.